The summed E-state index contributed by atoms with van der Waals surface area (Å²) < 4.78 is 1.47. The molecule has 0 spiro atoms. The molecule has 0 aliphatic heterocycles. The van der Waals surface area contributed by atoms with Crippen molar-refractivity contribution in [1.29, 1.82) is 5.26 Å². The van der Waals surface area contributed by atoms with E-state index in [9.17, 15) is 14.9 Å². The van der Waals surface area contributed by atoms with Gasteiger partial charge in [0, 0.05) is 23.7 Å². The highest BCUT2D eigenvalue weighted by Gasteiger charge is 2.25. The van der Waals surface area contributed by atoms with Gasteiger partial charge in [0.05, 0.1) is 17.1 Å². The number of carbonyl (C=O) groups is 1. The maximum atomic E-state index is 12.6. The first-order valence-electron chi connectivity index (χ1n) is 6.56. The van der Waals surface area contributed by atoms with Crippen LogP contribution in [0.1, 0.15) is 27.0 Å². The van der Waals surface area contributed by atoms with Crippen molar-refractivity contribution in [3.8, 4) is 6.07 Å². The minimum absolute atomic E-state index is 0.244. The summed E-state index contributed by atoms with van der Waals surface area (Å²) in [6.07, 6.45) is 0. The van der Waals surface area contributed by atoms with Crippen LogP contribution in [0.5, 0.6) is 0 Å². The highest BCUT2D eigenvalue weighted by molar-refractivity contribution is 7.10. The number of H-pyrrole nitrogens is 1. The van der Waals surface area contributed by atoms with Crippen molar-refractivity contribution in [2.45, 2.75) is 12.8 Å². The maximum Gasteiger partial charge on any atom is 0.326 e. The molecule has 0 aliphatic rings. The number of rotatable bonds is 3. The smallest absolute Gasteiger partial charge is 0.306 e. The Kier molecular flexibility index (Phi) is 3.39. The Bertz CT molecular complexity index is 973. The van der Waals surface area contributed by atoms with Crippen molar-refractivity contribution >= 4 is 28.2 Å². The maximum absolute atomic E-state index is 12.6. The third-order valence-corrected chi connectivity index (χ3v) is 4.49. The van der Waals surface area contributed by atoms with Crippen LogP contribution in [-0.4, -0.2) is 20.3 Å². The van der Waals surface area contributed by atoms with Gasteiger partial charge in [-0.3, -0.25) is 9.36 Å². The van der Waals surface area contributed by atoms with E-state index >= 15 is 0 Å². The lowest BCUT2D eigenvalue weighted by Crippen LogP contribution is -2.11. The number of aromatic nitrogens is 3. The molecule has 0 fully saturated rings. The largest absolute Gasteiger partial charge is 0.326 e. The number of nitrogens with one attached hydrogen (secondary N) is 1. The lowest BCUT2D eigenvalue weighted by molar-refractivity contribution is 0.0979. The molecule has 1 N–H and O–H groups in total. The summed E-state index contributed by atoms with van der Waals surface area (Å²) in [6, 6.07) is 6.94. The summed E-state index contributed by atoms with van der Waals surface area (Å²) in [6.45, 7) is 1.82. The van der Waals surface area contributed by atoms with Crippen LogP contribution in [0, 0.1) is 18.3 Å². The van der Waals surface area contributed by atoms with Crippen LogP contribution in [-0.2, 0) is 7.05 Å². The number of nitriles is 1. The van der Waals surface area contributed by atoms with Crippen LogP contribution >= 0.6 is 11.3 Å². The van der Waals surface area contributed by atoms with Crippen molar-refractivity contribution in [3.05, 3.63) is 50.3 Å². The number of fused-ring (bicyclic) bond motifs is 1. The van der Waals surface area contributed by atoms with Gasteiger partial charge in [0.2, 0.25) is 0 Å². The first kappa shape index (κ1) is 14.2. The van der Waals surface area contributed by atoms with E-state index in [0.29, 0.717) is 21.6 Å². The van der Waals surface area contributed by atoms with Gasteiger partial charge in [-0.05, 0) is 25.1 Å². The second kappa shape index (κ2) is 5.24. The molecule has 0 bridgehead atoms. The number of carbonyl (C=O) groups excluding carboxylic acids is 1. The van der Waals surface area contributed by atoms with Gasteiger partial charge in [-0.1, -0.05) is 0 Å². The van der Waals surface area contributed by atoms with Gasteiger partial charge < -0.3 is 4.98 Å². The van der Waals surface area contributed by atoms with Gasteiger partial charge in [0.15, 0.2) is 11.7 Å². The summed E-state index contributed by atoms with van der Waals surface area (Å²) >= 11 is 1.30. The standard InChI is InChI=1S/C15H12N4O2S/c1-8-7-22-14(17-8)10(6-16)13(20)9-3-4-12-11(5-9)18-15(21)19(12)2/h3-5,7,10H,1-2H3,(H,18,21)/t10-/m0/s1. The zero-order valence-corrected chi connectivity index (χ0v) is 12.8. The number of imidazole rings is 1. The van der Waals surface area contributed by atoms with Crippen LogP contribution in [0.4, 0.5) is 0 Å². The van der Waals surface area contributed by atoms with Crippen molar-refractivity contribution in [2.24, 2.45) is 7.05 Å². The van der Waals surface area contributed by atoms with Crippen LogP contribution in [0.15, 0.2) is 28.4 Å². The van der Waals surface area contributed by atoms with E-state index in [0.717, 1.165) is 5.69 Å². The van der Waals surface area contributed by atoms with E-state index in [2.05, 4.69) is 9.97 Å². The van der Waals surface area contributed by atoms with Gasteiger partial charge in [0.25, 0.3) is 0 Å². The van der Waals surface area contributed by atoms with E-state index < -0.39 is 5.92 Å². The van der Waals surface area contributed by atoms with Gasteiger partial charge in [-0.2, -0.15) is 5.26 Å². The molecule has 1 aromatic carbocycles. The molecular formula is C15H12N4O2S. The second-order valence-corrected chi connectivity index (χ2v) is 5.86. The Balaban J connectivity index is 2.04. The summed E-state index contributed by atoms with van der Waals surface area (Å²) in [7, 11) is 1.65. The number of aryl methyl sites for hydroxylation is 2. The molecule has 2 heterocycles. The minimum Gasteiger partial charge on any atom is -0.306 e. The van der Waals surface area contributed by atoms with Crippen LogP contribution in [0.3, 0.4) is 0 Å². The van der Waals surface area contributed by atoms with Gasteiger partial charge >= 0.3 is 5.69 Å². The van der Waals surface area contributed by atoms with Crippen molar-refractivity contribution in [1.82, 2.24) is 14.5 Å². The Hall–Kier alpha value is -2.72. The minimum atomic E-state index is -0.924. The molecule has 0 radical (unpaired) electrons. The molecule has 0 aliphatic carbocycles. The Labute approximate surface area is 129 Å². The predicted octanol–water partition coefficient (Wildman–Crippen LogP) is 2.12. The number of thiazole rings is 1. The van der Waals surface area contributed by atoms with Crippen molar-refractivity contribution < 1.29 is 4.79 Å². The molecule has 0 saturated carbocycles. The molecule has 0 unspecified atom stereocenters. The normalized spacial score (nSPS) is 12.2. The van der Waals surface area contributed by atoms with Crippen LogP contribution in [0.2, 0.25) is 0 Å². The van der Waals surface area contributed by atoms with E-state index in [1.165, 1.54) is 15.9 Å². The SMILES string of the molecule is Cc1csc([C@@H](C#N)C(=O)c2ccc3c(c2)[nH]c(=O)n3C)n1. The fraction of sp³-hybridized carbons (Fsp3) is 0.200. The summed E-state index contributed by atoms with van der Waals surface area (Å²) in [5, 5.41) is 11.6. The Morgan fingerprint density at radius 3 is 2.91 bits per heavy atom. The number of Topliss-reactive ketones (excluding diaryl/α,β-unsaturated/α-hetero) is 1. The summed E-state index contributed by atoms with van der Waals surface area (Å²) in [4.78, 5) is 31.1. The van der Waals surface area contributed by atoms with Crippen LogP contribution in [0.25, 0.3) is 11.0 Å². The average Bonchev–Trinajstić information content (AvgIpc) is 3.04. The third-order valence-electron chi connectivity index (χ3n) is 3.46. The predicted molar refractivity (Wildman–Crippen MR) is 83.1 cm³/mol. The molecule has 3 aromatic rings. The summed E-state index contributed by atoms with van der Waals surface area (Å²) in [5.41, 5.74) is 2.21. The van der Waals surface area contributed by atoms with Crippen LogP contribution < -0.4 is 5.69 Å². The molecule has 22 heavy (non-hydrogen) atoms. The molecule has 0 saturated heterocycles. The number of hydrogen-bond acceptors (Lipinski definition) is 5. The summed E-state index contributed by atoms with van der Waals surface area (Å²) in [5.74, 6) is -1.24. The van der Waals surface area contributed by atoms with Crippen molar-refractivity contribution in [2.75, 3.05) is 0 Å². The topological polar surface area (TPSA) is 91.5 Å². The lowest BCUT2D eigenvalue weighted by atomic mass is 9.99. The quantitative estimate of drug-likeness (QED) is 0.750. The number of nitrogens with zero attached hydrogens (tertiary/aromatic N) is 3. The van der Waals surface area contributed by atoms with Gasteiger partial charge in [-0.25, -0.2) is 9.78 Å². The van der Waals surface area contributed by atoms with E-state index in [1.54, 1.807) is 25.2 Å². The number of hydrogen-bond donors (Lipinski definition) is 1. The molecule has 6 nitrogen and oxygen atoms in total. The molecule has 0 amide bonds. The highest BCUT2D eigenvalue weighted by atomic mass is 32.1. The van der Waals surface area contributed by atoms with E-state index in [1.807, 2.05) is 18.4 Å². The van der Waals surface area contributed by atoms with E-state index in [-0.39, 0.29) is 11.5 Å². The van der Waals surface area contributed by atoms with Gasteiger partial charge in [0.1, 0.15) is 5.01 Å². The lowest BCUT2D eigenvalue weighted by Gasteiger charge is -2.05. The third kappa shape index (κ3) is 2.23. The monoisotopic (exact) mass is 312 g/mol. The average molecular weight is 312 g/mol. The zero-order chi connectivity index (χ0) is 15.9. The zero-order valence-electron chi connectivity index (χ0n) is 12.0. The second-order valence-electron chi connectivity index (χ2n) is 4.97. The number of aromatic amines is 1. The number of ketones is 1. The Morgan fingerprint density at radius 1 is 1.50 bits per heavy atom. The highest BCUT2D eigenvalue weighted by Crippen LogP contribution is 2.25. The molecule has 7 heteroatoms. The molecule has 110 valence electrons. The molecule has 2 aromatic heterocycles. The van der Waals surface area contributed by atoms with Crippen molar-refractivity contribution in [3.63, 3.8) is 0 Å². The molecular weight excluding hydrogens is 300 g/mol. The fourth-order valence-electron chi connectivity index (χ4n) is 2.29. The Morgan fingerprint density at radius 2 is 2.27 bits per heavy atom. The van der Waals surface area contributed by atoms with Gasteiger partial charge in [-0.15, -0.1) is 11.3 Å². The number of benzene rings is 1. The molecule has 1 atom stereocenters. The fourth-order valence-corrected chi connectivity index (χ4v) is 3.12. The van der Waals surface area contributed by atoms with E-state index in [4.69, 9.17) is 0 Å². The first-order chi connectivity index (χ1) is 10.5. The first-order valence-corrected chi connectivity index (χ1v) is 7.44. The molecule has 3 rings (SSSR count).